The maximum Gasteiger partial charge on any atom is 0.251 e. The van der Waals surface area contributed by atoms with Gasteiger partial charge in [0, 0.05) is 0 Å². The second kappa shape index (κ2) is 2.84. The van der Waals surface area contributed by atoms with Crippen LogP contribution in [-0.2, 0) is 0 Å². The molecule has 0 saturated heterocycles. The van der Waals surface area contributed by atoms with E-state index in [0.717, 1.165) is 0 Å². The molecule has 0 unspecified atom stereocenters. The normalized spacial score (nSPS) is 9.50. The first kappa shape index (κ1) is 7.28. The van der Waals surface area contributed by atoms with Crippen molar-refractivity contribution in [1.82, 2.24) is 4.98 Å². The molecule has 0 bridgehead atoms. The van der Waals surface area contributed by atoms with Gasteiger partial charge in [-0.25, -0.2) is 4.39 Å². The lowest BCUT2D eigenvalue weighted by molar-refractivity contribution is 0.369. The summed E-state index contributed by atoms with van der Waals surface area (Å²) in [6.07, 6.45) is 0. The van der Waals surface area contributed by atoms with Crippen LogP contribution < -0.4 is 4.74 Å². The largest absolute Gasteiger partial charge is 0.479 e. The Kier molecular flexibility index (Phi) is 2.06. The highest BCUT2D eigenvalue weighted by molar-refractivity contribution is 6.29. The summed E-state index contributed by atoms with van der Waals surface area (Å²) in [7, 11) is 1.34. The quantitative estimate of drug-likeness (QED) is 0.587. The van der Waals surface area contributed by atoms with E-state index in [1.807, 2.05) is 0 Å². The third kappa shape index (κ3) is 1.36. The molecule has 0 atom stereocenters. The lowest BCUT2D eigenvalue weighted by Gasteiger charge is -1.98. The summed E-state index contributed by atoms with van der Waals surface area (Å²) in [4.78, 5) is 3.56. The van der Waals surface area contributed by atoms with E-state index < -0.39 is 5.82 Å². The Hall–Kier alpha value is -0.830. The van der Waals surface area contributed by atoms with Crippen molar-refractivity contribution in [3.63, 3.8) is 0 Å². The highest BCUT2D eigenvalue weighted by atomic mass is 35.5. The zero-order chi connectivity index (χ0) is 7.56. The molecule has 0 saturated carbocycles. The van der Waals surface area contributed by atoms with E-state index in [4.69, 9.17) is 11.6 Å². The molecule has 10 heavy (non-hydrogen) atoms. The van der Waals surface area contributed by atoms with Crippen LogP contribution in [0.15, 0.2) is 12.1 Å². The van der Waals surface area contributed by atoms with Gasteiger partial charge in [0.2, 0.25) is 0 Å². The average Bonchev–Trinajstić information content (AvgIpc) is 1.94. The second-order valence-electron chi connectivity index (χ2n) is 1.63. The van der Waals surface area contributed by atoms with Gasteiger partial charge in [-0.2, -0.15) is 4.98 Å². The molecule has 0 spiro atoms. The van der Waals surface area contributed by atoms with Gasteiger partial charge in [0.1, 0.15) is 5.15 Å². The summed E-state index contributed by atoms with van der Waals surface area (Å²) >= 11 is 5.44. The second-order valence-corrected chi connectivity index (χ2v) is 2.01. The van der Waals surface area contributed by atoms with Gasteiger partial charge in [-0.1, -0.05) is 11.6 Å². The molecule has 1 aromatic rings. The number of aromatic nitrogens is 1. The lowest BCUT2D eigenvalue weighted by Crippen LogP contribution is -1.90. The van der Waals surface area contributed by atoms with E-state index in [-0.39, 0.29) is 11.0 Å². The van der Waals surface area contributed by atoms with E-state index in [0.29, 0.717) is 0 Å². The van der Waals surface area contributed by atoms with Crippen molar-refractivity contribution >= 4 is 11.6 Å². The fourth-order valence-electron chi connectivity index (χ4n) is 0.544. The first-order valence-corrected chi connectivity index (χ1v) is 2.98. The molecular formula is C6H5ClFNO. The zero-order valence-electron chi connectivity index (χ0n) is 5.27. The van der Waals surface area contributed by atoms with Gasteiger partial charge in [0.15, 0.2) is 5.82 Å². The van der Waals surface area contributed by atoms with Crippen LogP contribution in [0.25, 0.3) is 0 Å². The number of ether oxygens (including phenoxy) is 1. The van der Waals surface area contributed by atoms with Crippen LogP contribution in [0.2, 0.25) is 5.15 Å². The summed E-state index contributed by atoms with van der Waals surface area (Å²) in [6.45, 7) is 0. The first-order chi connectivity index (χ1) is 4.74. The molecule has 54 valence electrons. The van der Waals surface area contributed by atoms with Gasteiger partial charge in [-0.3, -0.25) is 0 Å². The minimum atomic E-state index is -0.507. The van der Waals surface area contributed by atoms with Crippen LogP contribution >= 0.6 is 11.6 Å². The van der Waals surface area contributed by atoms with Crippen molar-refractivity contribution in [1.29, 1.82) is 0 Å². The Morgan fingerprint density at radius 1 is 1.60 bits per heavy atom. The average molecular weight is 162 g/mol. The minimum Gasteiger partial charge on any atom is -0.479 e. The third-order valence-electron chi connectivity index (χ3n) is 0.973. The molecule has 4 heteroatoms. The highest BCUT2D eigenvalue weighted by Gasteiger charge is 2.02. The molecule has 0 aliphatic rings. The summed E-state index contributed by atoms with van der Waals surface area (Å²) < 4.78 is 17.1. The maximum atomic E-state index is 12.5. The fraction of sp³-hybridized carbons (Fsp3) is 0.167. The molecular weight excluding hydrogens is 157 g/mol. The molecule has 1 heterocycles. The van der Waals surface area contributed by atoms with Crippen LogP contribution in [0.1, 0.15) is 0 Å². The molecule has 0 aromatic carbocycles. The van der Waals surface area contributed by atoms with E-state index in [9.17, 15) is 4.39 Å². The topological polar surface area (TPSA) is 22.1 Å². The number of hydrogen-bond donors (Lipinski definition) is 0. The molecule has 0 radical (unpaired) electrons. The lowest BCUT2D eigenvalue weighted by atomic mass is 10.5. The Morgan fingerprint density at radius 3 is 2.80 bits per heavy atom. The van der Waals surface area contributed by atoms with Gasteiger partial charge in [-0.05, 0) is 12.1 Å². The number of pyridine rings is 1. The molecule has 0 aliphatic heterocycles. The van der Waals surface area contributed by atoms with Crippen molar-refractivity contribution in [3.8, 4) is 5.88 Å². The van der Waals surface area contributed by atoms with Crippen LogP contribution in [-0.4, -0.2) is 12.1 Å². The molecule has 1 aromatic heterocycles. The summed E-state index contributed by atoms with van der Waals surface area (Å²) in [5.74, 6) is -0.584. The minimum absolute atomic E-state index is 0.0764. The predicted octanol–water partition coefficient (Wildman–Crippen LogP) is 1.88. The van der Waals surface area contributed by atoms with Crippen molar-refractivity contribution in [3.05, 3.63) is 23.1 Å². The van der Waals surface area contributed by atoms with Crippen LogP contribution in [0, 0.1) is 5.82 Å². The molecule has 0 amide bonds. The Balaban J connectivity index is 3.09. The summed E-state index contributed by atoms with van der Waals surface area (Å²) in [5, 5.41) is 0.221. The van der Waals surface area contributed by atoms with E-state index in [1.165, 1.54) is 19.2 Å². The molecule has 1 rings (SSSR count). The van der Waals surface area contributed by atoms with E-state index in [2.05, 4.69) is 9.72 Å². The van der Waals surface area contributed by atoms with Gasteiger partial charge >= 0.3 is 0 Å². The van der Waals surface area contributed by atoms with Crippen LogP contribution in [0.3, 0.4) is 0 Å². The summed E-state index contributed by atoms with van der Waals surface area (Å²) in [6, 6.07) is 2.56. The SMILES string of the molecule is COc1nc(Cl)ccc1F. The number of methoxy groups -OCH3 is 1. The molecule has 0 N–H and O–H groups in total. The van der Waals surface area contributed by atoms with Gasteiger partial charge in [0.05, 0.1) is 7.11 Å². The highest BCUT2D eigenvalue weighted by Crippen LogP contribution is 2.15. The summed E-state index contributed by atoms with van der Waals surface area (Å²) in [5.41, 5.74) is 0. The Labute approximate surface area is 62.6 Å². The zero-order valence-corrected chi connectivity index (χ0v) is 6.02. The number of nitrogens with zero attached hydrogens (tertiary/aromatic N) is 1. The van der Waals surface area contributed by atoms with Crippen molar-refractivity contribution in [2.24, 2.45) is 0 Å². The fourth-order valence-corrected chi connectivity index (χ4v) is 0.684. The van der Waals surface area contributed by atoms with Gasteiger partial charge in [0.25, 0.3) is 5.88 Å². The Bertz CT molecular complexity index is 241. The number of rotatable bonds is 1. The predicted molar refractivity (Wildman–Crippen MR) is 35.8 cm³/mol. The van der Waals surface area contributed by atoms with E-state index >= 15 is 0 Å². The molecule has 2 nitrogen and oxygen atoms in total. The third-order valence-corrected chi connectivity index (χ3v) is 1.18. The number of hydrogen-bond acceptors (Lipinski definition) is 2. The standard InChI is InChI=1S/C6H5ClFNO/c1-10-6-4(8)2-3-5(7)9-6/h2-3H,1H3. The molecule has 0 aliphatic carbocycles. The Morgan fingerprint density at radius 2 is 2.30 bits per heavy atom. The monoisotopic (exact) mass is 161 g/mol. The smallest absolute Gasteiger partial charge is 0.251 e. The number of halogens is 2. The maximum absolute atomic E-state index is 12.5. The van der Waals surface area contributed by atoms with Crippen molar-refractivity contribution in [2.75, 3.05) is 7.11 Å². The van der Waals surface area contributed by atoms with Crippen LogP contribution in [0.5, 0.6) is 5.88 Å². The van der Waals surface area contributed by atoms with Crippen molar-refractivity contribution < 1.29 is 9.13 Å². The van der Waals surface area contributed by atoms with Crippen LogP contribution in [0.4, 0.5) is 4.39 Å². The van der Waals surface area contributed by atoms with Gasteiger partial charge < -0.3 is 4.74 Å². The first-order valence-electron chi connectivity index (χ1n) is 2.60. The van der Waals surface area contributed by atoms with E-state index in [1.54, 1.807) is 0 Å². The van der Waals surface area contributed by atoms with Gasteiger partial charge in [-0.15, -0.1) is 0 Å². The molecule has 0 fully saturated rings. The van der Waals surface area contributed by atoms with Crippen molar-refractivity contribution in [2.45, 2.75) is 0 Å².